The second kappa shape index (κ2) is 8.73. The van der Waals surface area contributed by atoms with Crippen LogP contribution >= 0.6 is 0 Å². The van der Waals surface area contributed by atoms with Crippen molar-refractivity contribution < 1.29 is 18.7 Å². The van der Waals surface area contributed by atoms with Crippen LogP contribution in [0.1, 0.15) is 13.8 Å². The number of anilines is 2. The average Bonchev–Trinajstić information content (AvgIpc) is 2.69. The van der Waals surface area contributed by atoms with Crippen molar-refractivity contribution in [3.05, 3.63) is 54.3 Å². The summed E-state index contributed by atoms with van der Waals surface area (Å²) in [5.74, 6) is -0.860. The summed E-state index contributed by atoms with van der Waals surface area (Å²) < 4.78 is 19.5. The zero-order valence-electron chi connectivity index (χ0n) is 16.0. The fraction of sp³-hybridized carbons (Fsp3) is 0.333. The molecule has 0 saturated carbocycles. The highest BCUT2D eigenvalue weighted by molar-refractivity contribution is 6.39. The molecule has 0 unspecified atom stereocenters. The largest absolute Gasteiger partial charge is 0.491 e. The maximum atomic E-state index is 13.9. The number of carbonyl (C=O) groups excluding carboxylic acids is 2. The van der Waals surface area contributed by atoms with Crippen LogP contribution in [0, 0.1) is 5.82 Å². The molecule has 0 radical (unpaired) electrons. The third kappa shape index (κ3) is 4.79. The molecule has 0 atom stereocenters. The van der Waals surface area contributed by atoms with Gasteiger partial charge >= 0.3 is 11.8 Å². The highest BCUT2D eigenvalue weighted by Crippen LogP contribution is 2.20. The molecule has 28 heavy (non-hydrogen) atoms. The van der Waals surface area contributed by atoms with Crippen LogP contribution in [0.25, 0.3) is 0 Å². The van der Waals surface area contributed by atoms with Gasteiger partial charge in [-0.2, -0.15) is 0 Å². The summed E-state index contributed by atoms with van der Waals surface area (Å²) in [5, 5.41) is 2.61. The van der Waals surface area contributed by atoms with Crippen molar-refractivity contribution in [3.8, 4) is 5.75 Å². The molecule has 1 aliphatic rings. The van der Waals surface area contributed by atoms with E-state index in [-0.39, 0.29) is 11.9 Å². The standard InChI is InChI=1S/C21H24FN3O3/c1-15(2)28-17-9-7-16(8-10-17)23-20(26)21(27)25-13-11-24(12-14-25)19-6-4-3-5-18(19)22/h3-10,15H,11-14H2,1-2H3,(H,23,26). The van der Waals surface area contributed by atoms with E-state index in [4.69, 9.17) is 4.74 Å². The number of benzene rings is 2. The zero-order chi connectivity index (χ0) is 20.1. The van der Waals surface area contributed by atoms with Gasteiger partial charge in [0.1, 0.15) is 11.6 Å². The summed E-state index contributed by atoms with van der Waals surface area (Å²) in [7, 11) is 0. The average molecular weight is 385 g/mol. The second-order valence-electron chi connectivity index (χ2n) is 6.88. The Balaban J connectivity index is 1.53. The Morgan fingerprint density at radius 2 is 1.64 bits per heavy atom. The maximum Gasteiger partial charge on any atom is 0.313 e. The molecule has 0 spiro atoms. The minimum Gasteiger partial charge on any atom is -0.491 e. The second-order valence-corrected chi connectivity index (χ2v) is 6.88. The van der Waals surface area contributed by atoms with Crippen LogP contribution < -0.4 is 15.0 Å². The third-order valence-electron chi connectivity index (χ3n) is 4.44. The highest BCUT2D eigenvalue weighted by atomic mass is 19.1. The van der Waals surface area contributed by atoms with E-state index in [0.29, 0.717) is 43.3 Å². The van der Waals surface area contributed by atoms with Gasteiger partial charge in [0, 0.05) is 31.9 Å². The van der Waals surface area contributed by atoms with E-state index in [1.807, 2.05) is 18.7 Å². The molecule has 3 rings (SSSR count). The van der Waals surface area contributed by atoms with Crippen LogP contribution in [0.5, 0.6) is 5.75 Å². The number of nitrogens with one attached hydrogen (secondary N) is 1. The molecule has 2 amide bonds. The first kappa shape index (κ1) is 19.7. The molecule has 2 aromatic rings. The lowest BCUT2D eigenvalue weighted by molar-refractivity contribution is -0.143. The molecule has 1 saturated heterocycles. The van der Waals surface area contributed by atoms with E-state index >= 15 is 0 Å². The predicted molar refractivity (Wildman–Crippen MR) is 106 cm³/mol. The van der Waals surface area contributed by atoms with Gasteiger partial charge in [0.2, 0.25) is 0 Å². The van der Waals surface area contributed by atoms with Gasteiger partial charge < -0.3 is 19.9 Å². The van der Waals surface area contributed by atoms with Crippen molar-refractivity contribution in [1.29, 1.82) is 0 Å². The number of carbonyl (C=O) groups is 2. The van der Waals surface area contributed by atoms with Crippen molar-refractivity contribution in [2.75, 3.05) is 36.4 Å². The van der Waals surface area contributed by atoms with Gasteiger partial charge in [-0.25, -0.2) is 4.39 Å². The van der Waals surface area contributed by atoms with E-state index in [1.165, 1.54) is 11.0 Å². The van der Waals surface area contributed by atoms with Crippen molar-refractivity contribution >= 4 is 23.2 Å². The number of para-hydroxylation sites is 1. The van der Waals surface area contributed by atoms with Crippen LogP contribution in [-0.4, -0.2) is 49.0 Å². The molecule has 0 aliphatic carbocycles. The minimum atomic E-state index is -0.683. The van der Waals surface area contributed by atoms with Gasteiger partial charge in [0.15, 0.2) is 0 Å². The van der Waals surface area contributed by atoms with Crippen LogP contribution in [0.4, 0.5) is 15.8 Å². The Morgan fingerprint density at radius 1 is 1.00 bits per heavy atom. The van der Waals surface area contributed by atoms with Crippen LogP contribution in [0.15, 0.2) is 48.5 Å². The lowest BCUT2D eigenvalue weighted by atomic mass is 10.2. The van der Waals surface area contributed by atoms with Crippen molar-refractivity contribution in [1.82, 2.24) is 4.90 Å². The van der Waals surface area contributed by atoms with Gasteiger partial charge in [-0.3, -0.25) is 9.59 Å². The first-order valence-corrected chi connectivity index (χ1v) is 9.30. The fourth-order valence-electron chi connectivity index (χ4n) is 3.08. The van der Waals surface area contributed by atoms with E-state index in [9.17, 15) is 14.0 Å². The molecule has 148 valence electrons. The molecule has 1 heterocycles. The Morgan fingerprint density at radius 3 is 2.25 bits per heavy atom. The minimum absolute atomic E-state index is 0.0602. The summed E-state index contributed by atoms with van der Waals surface area (Å²) in [6.45, 7) is 5.53. The number of nitrogens with zero attached hydrogens (tertiary/aromatic N) is 2. The number of halogens is 1. The van der Waals surface area contributed by atoms with Gasteiger partial charge in [-0.1, -0.05) is 12.1 Å². The number of rotatable bonds is 4. The monoisotopic (exact) mass is 385 g/mol. The number of hydrogen-bond donors (Lipinski definition) is 1. The Bertz CT molecular complexity index is 831. The maximum absolute atomic E-state index is 13.9. The van der Waals surface area contributed by atoms with Crippen LogP contribution in [-0.2, 0) is 9.59 Å². The van der Waals surface area contributed by atoms with Crippen molar-refractivity contribution in [2.24, 2.45) is 0 Å². The Kier molecular flexibility index (Phi) is 6.13. The smallest absolute Gasteiger partial charge is 0.313 e. The SMILES string of the molecule is CC(C)Oc1ccc(NC(=O)C(=O)N2CCN(c3ccccc3F)CC2)cc1. The van der Waals surface area contributed by atoms with Gasteiger partial charge in [-0.05, 0) is 50.2 Å². The first-order chi connectivity index (χ1) is 13.4. The number of piperazine rings is 1. The van der Waals surface area contributed by atoms with Gasteiger partial charge in [0.25, 0.3) is 0 Å². The first-order valence-electron chi connectivity index (χ1n) is 9.30. The van der Waals surface area contributed by atoms with Gasteiger partial charge in [-0.15, -0.1) is 0 Å². The summed E-state index contributed by atoms with van der Waals surface area (Å²) >= 11 is 0. The number of ether oxygens (including phenoxy) is 1. The van der Waals surface area contributed by atoms with E-state index in [1.54, 1.807) is 42.5 Å². The number of amides is 2. The summed E-state index contributed by atoms with van der Waals surface area (Å²) in [4.78, 5) is 28.1. The summed E-state index contributed by atoms with van der Waals surface area (Å²) in [6.07, 6.45) is 0.0602. The van der Waals surface area contributed by atoms with Crippen molar-refractivity contribution in [3.63, 3.8) is 0 Å². The molecular weight excluding hydrogens is 361 g/mol. The van der Waals surface area contributed by atoms with Gasteiger partial charge in [0.05, 0.1) is 11.8 Å². The van der Waals surface area contributed by atoms with Crippen LogP contribution in [0.3, 0.4) is 0 Å². The van der Waals surface area contributed by atoms with E-state index in [2.05, 4.69) is 5.32 Å². The van der Waals surface area contributed by atoms with Crippen LogP contribution in [0.2, 0.25) is 0 Å². The molecule has 0 bridgehead atoms. The Labute approximate surface area is 163 Å². The molecule has 1 fully saturated rings. The fourth-order valence-corrected chi connectivity index (χ4v) is 3.08. The topological polar surface area (TPSA) is 61.9 Å². The molecule has 1 N–H and O–H groups in total. The third-order valence-corrected chi connectivity index (χ3v) is 4.44. The summed E-state index contributed by atoms with van der Waals surface area (Å²) in [5.41, 5.74) is 1.04. The highest BCUT2D eigenvalue weighted by Gasteiger charge is 2.27. The Hall–Kier alpha value is -3.09. The van der Waals surface area contributed by atoms with Crippen molar-refractivity contribution in [2.45, 2.75) is 20.0 Å². The zero-order valence-corrected chi connectivity index (χ0v) is 16.0. The number of hydrogen-bond acceptors (Lipinski definition) is 4. The summed E-state index contributed by atoms with van der Waals surface area (Å²) in [6, 6.07) is 13.4. The molecule has 7 heteroatoms. The van der Waals surface area contributed by atoms with E-state index < -0.39 is 11.8 Å². The quantitative estimate of drug-likeness (QED) is 0.822. The molecular formula is C21H24FN3O3. The molecule has 1 aliphatic heterocycles. The normalized spacial score (nSPS) is 14.1. The molecule has 0 aromatic heterocycles. The lowest BCUT2D eigenvalue weighted by Crippen LogP contribution is -2.51. The molecule has 2 aromatic carbocycles. The molecule has 6 nitrogen and oxygen atoms in total. The predicted octanol–water partition coefficient (Wildman–Crippen LogP) is 2.90. The lowest BCUT2D eigenvalue weighted by Gasteiger charge is -2.35. The van der Waals surface area contributed by atoms with E-state index in [0.717, 1.165) is 0 Å².